The summed E-state index contributed by atoms with van der Waals surface area (Å²) in [6, 6.07) is 5.55. The predicted octanol–water partition coefficient (Wildman–Crippen LogP) is 5.46. The Morgan fingerprint density at radius 1 is 1.08 bits per heavy atom. The lowest BCUT2D eigenvalue weighted by molar-refractivity contribution is -0.137. The first-order chi connectivity index (χ1) is 11.2. The summed E-state index contributed by atoms with van der Waals surface area (Å²) < 4.78 is 57.7. The summed E-state index contributed by atoms with van der Waals surface area (Å²) in [7, 11) is 1.33. The van der Waals surface area contributed by atoms with E-state index in [9.17, 15) is 22.4 Å². The number of carbonyl (C=O) groups is 1. The highest BCUT2D eigenvalue weighted by Crippen LogP contribution is 2.38. The zero-order chi connectivity index (χ0) is 18.1. The highest BCUT2D eigenvalue weighted by molar-refractivity contribution is 5.90. The molecule has 0 amide bonds. The molecule has 0 radical (unpaired) electrons. The third-order valence-electron chi connectivity index (χ3n) is 3.74. The molecule has 0 fully saturated rings. The smallest absolute Gasteiger partial charge is 0.416 e. The largest absolute Gasteiger partial charge is 0.496 e. The number of aldehydes is 1. The van der Waals surface area contributed by atoms with Crippen molar-refractivity contribution in [3.63, 3.8) is 0 Å². The summed E-state index contributed by atoms with van der Waals surface area (Å²) in [6.07, 6.45) is -4.20. The van der Waals surface area contributed by atoms with Gasteiger partial charge in [-0.25, -0.2) is 4.39 Å². The summed E-state index contributed by atoms with van der Waals surface area (Å²) in [6.45, 7) is 3.59. The van der Waals surface area contributed by atoms with Gasteiger partial charge in [-0.1, -0.05) is 19.9 Å². The average molecular weight is 340 g/mol. The van der Waals surface area contributed by atoms with Crippen LogP contribution in [0.2, 0.25) is 0 Å². The number of rotatable bonds is 4. The second-order valence-corrected chi connectivity index (χ2v) is 5.65. The normalized spacial score (nSPS) is 11.7. The molecule has 0 N–H and O–H groups in total. The summed E-state index contributed by atoms with van der Waals surface area (Å²) in [5, 5.41) is 0. The number of benzene rings is 2. The highest BCUT2D eigenvalue weighted by Gasteiger charge is 2.31. The van der Waals surface area contributed by atoms with Crippen molar-refractivity contribution in [3.8, 4) is 16.9 Å². The van der Waals surface area contributed by atoms with Gasteiger partial charge < -0.3 is 4.74 Å². The van der Waals surface area contributed by atoms with Crippen molar-refractivity contribution < 1.29 is 27.1 Å². The van der Waals surface area contributed by atoms with E-state index in [0.29, 0.717) is 17.4 Å². The second-order valence-electron chi connectivity index (χ2n) is 5.65. The average Bonchev–Trinajstić information content (AvgIpc) is 2.52. The molecule has 2 nitrogen and oxygen atoms in total. The summed E-state index contributed by atoms with van der Waals surface area (Å²) >= 11 is 0. The molecule has 0 unspecified atom stereocenters. The van der Waals surface area contributed by atoms with Gasteiger partial charge in [0.15, 0.2) is 6.29 Å². The van der Waals surface area contributed by atoms with E-state index in [2.05, 4.69) is 0 Å². The van der Waals surface area contributed by atoms with Crippen molar-refractivity contribution in [2.75, 3.05) is 7.11 Å². The standard InChI is InChI=1S/C18H16F4O2/c1-10(2)14-7-15(17(24-3)8-16(14)19)13-5-4-12(18(20,21)22)6-11(13)9-23/h4-10H,1-3H3. The molecule has 0 heterocycles. The van der Waals surface area contributed by atoms with Gasteiger partial charge in [0, 0.05) is 17.2 Å². The van der Waals surface area contributed by atoms with E-state index in [4.69, 9.17) is 4.74 Å². The molecular formula is C18H16F4O2. The number of hydrogen-bond acceptors (Lipinski definition) is 2. The Hall–Kier alpha value is -2.37. The first kappa shape index (κ1) is 18.0. The van der Waals surface area contributed by atoms with Crippen LogP contribution >= 0.6 is 0 Å². The van der Waals surface area contributed by atoms with E-state index in [1.165, 1.54) is 25.3 Å². The molecule has 2 aromatic rings. The maximum absolute atomic E-state index is 14.1. The SMILES string of the molecule is COc1cc(F)c(C(C)C)cc1-c1ccc(C(F)(F)F)cc1C=O. The van der Waals surface area contributed by atoms with E-state index in [0.717, 1.165) is 12.1 Å². The number of methoxy groups -OCH3 is 1. The molecule has 0 aromatic heterocycles. The summed E-state index contributed by atoms with van der Waals surface area (Å²) in [5.41, 5.74) is -0.0272. The monoisotopic (exact) mass is 340 g/mol. The van der Waals surface area contributed by atoms with Crippen molar-refractivity contribution in [1.82, 2.24) is 0 Å². The van der Waals surface area contributed by atoms with Gasteiger partial charge in [-0.3, -0.25) is 4.79 Å². The number of hydrogen-bond donors (Lipinski definition) is 0. The van der Waals surface area contributed by atoms with E-state index < -0.39 is 17.6 Å². The molecule has 0 saturated carbocycles. The van der Waals surface area contributed by atoms with Crippen LogP contribution in [0.15, 0.2) is 30.3 Å². The van der Waals surface area contributed by atoms with E-state index in [1.807, 2.05) is 0 Å². The zero-order valence-corrected chi connectivity index (χ0v) is 13.4. The Kier molecular flexibility index (Phi) is 4.96. The van der Waals surface area contributed by atoms with Gasteiger partial charge >= 0.3 is 6.18 Å². The first-order valence-electron chi connectivity index (χ1n) is 7.23. The van der Waals surface area contributed by atoms with Gasteiger partial charge in [0.05, 0.1) is 12.7 Å². The fourth-order valence-electron chi connectivity index (χ4n) is 2.48. The maximum atomic E-state index is 14.1. The lowest BCUT2D eigenvalue weighted by Crippen LogP contribution is -2.06. The first-order valence-corrected chi connectivity index (χ1v) is 7.23. The van der Waals surface area contributed by atoms with Crippen LogP contribution in [0.3, 0.4) is 0 Å². The van der Waals surface area contributed by atoms with Gasteiger partial charge in [-0.15, -0.1) is 0 Å². The highest BCUT2D eigenvalue weighted by atomic mass is 19.4. The minimum Gasteiger partial charge on any atom is -0.496 e. The van der Waals surface area contributed by atoms with Crippen molar-refractivity contribution in [2.24, 2.45) is 0 Å². The van der Waals surface area contributed by atoms with Crippen LogP contribution in [0.4, 0.5) is 17.6 Å². The zero-order valence-electron chi connectivity index (χ0n) is 13.4. The fraction of sp³-hybridized carbons (Fsp3) is 0.278. The van der Waals surface area contributed by atoms with Crippen LogP contribution in [0.1, 0.15) is 41.3 Å². The Morgan fingerprint density at radius 2 is 1.75 bits per heavy atom. The Labute approximate surface area is 137 Å². The van der Waals surface area contributed by atoms with Crippen molar-refractivity contribution in [1.29, 1.82) is 0 Å². The van der Waals surface area contributed by atoms with Gasteiger partial charge in [0.2, 0.25) is 0 Å². The Bertz CT molecular complexity index is 764. The van der Waals surface area contributed by atoms with Gasteiger partial charge in [-0.2, -0.15) is 13.2 Å². The summed E-state index contributed by atoms with van der Waals surface area (Å²) in [5.74, 6) is -0.450. The predicted molar refractivity (Wildman–Crippen MR) is 82.9 cm³/mol. The van der Waals surface area contributed by atoms with Gasteiger partial charge in [0.25, 0.3) is 0 Å². The van der Waals surface area contributed by atoms with E-state index in [-0.39, 0.29) is 22.8 Å². The minimum absolute atomic E-state index is 0.135. The molecule has 24 heavy (non-hydrogen) atoms. The van der Waals surface area contributed by atoms with Crippen molar-refractivity contribution in [2.45, 2.75) is 25.9 Å². The van der Waals surface area contributed by atoms with Gasteiger partial charge in [-0.05, 0) is 35.2 Å². The van der Waals surface area contributed by atoms with Crippen LogP contribution in [0, 0.1) is 5.82 Å². The van der Waals surface area contributed by atoms with Gasteiger partial charge in [0.1, 0.15) is 11.6 Å². The molecule has 0 aliphatic rings. The molecule has 6 heteroatoms. The maximum Gasteiger partial charge on any atom is 0.416 e. The van der Waals surface area contributed by atoms with Crippen LogP contribution in [-0.2, 0) is 6.18 Å². The Balaban J connectivity index is 2.71. The molecule has 0 bridgehead atoms. The quantitative estimate of drug-likeness (QED) is 0.546. The topological polar surface area (TPSA) is 26.3 Å². The molecule has 0 saturated heterocycles. The minimum atomic E-state index is -4.55. The second kappa shape index (κ2) is 6.63. The van der Waals surface area contributed by atoms with Crippen molar-refractivity contribution in [3.05, 3.63) is 52.8 Å². The van der Waals surface area contributed by atoms with E-state index in [1.54, 1.807) is 13.8 Å². The molecule has 0 atom stereocenters. The number of carbonyl (C=O) groups excluding carboxylic acids is 1. The lowest BCUT2D eigenvalue weighted by Gasteiger charge is -2.16. The molecular weight excluding hydrogens is 324 g/mol. The van der Waals surface area contributed by atoms with E-state index >= 15 is 0 Å². The van der Waals surface area contributed by atoms with Crippen LogP contribution in [-0.4, -0.2) is 13.4 Å². The summed E-state index contributed by atoms with van der Waals surface area (Å²) in [4.78, 5) is 11.3. The molecule has 2 aromatic carbocycles. The fourth-order valence-corrected chi connectivity index (χ4v) is 2.48. The molecule has 128 valence electrons. The third-order valence-corrected chi connectivity index (χ3v) is 3.74. The van der Waals surface area contributed by atoms with Crippen LogP contribution in [0.5, 0.6) is 5.75 Å². The number of alkyl halides is 3. The lowest BCUT2D eigenvalue weighted by atomic mass is 9.92. The number of halogens is 4. The molecule has 2 rings (SSSR count). The molecule has 0 aliphatic carbocycles. The van der Waals surface area contributed by atoms with Crippen molar-refractivity contribution >= 4 is 6.29 Å². The molecule has 0 aliphatic heterocycles. The van der Waals surface area contributed by atoms with Crippen LogP contribution in [0.25, 0.3) is 11.1 Å². The molecule has 0 spiro atoms. The third kappa shape index (κ3) is 3.42. The Morgan fingerprint density at radius 3 is 2.25 bits per heavy atom. The number of ether oxygens (including phenoxy) is 1. The van der Waals surface area contributed by atoms with Crippen LogP contribution < -0.4 is 4.74 Å².